The number of benzene rings is 1. The maximum absolute atomic E-state index is 12.4. The second kappa shape index (κ2) is 2.95. The molecule has 68 valence electrons. The number of halogens is 3. The lowest BCUT2D eigenvalue weighted by Crippen LogP contribution is -1.92. The maximum Gasteiger partial charge on any atom is 0.194 e. The highest BCUT2D eigenvalue weighted by Gasteiger charge is 2.08. The third-order valence-electron chi connectivity index (χ3n) is 1.45. The van der Waals surface area contributed by atoms with E-state index in [9.17, 15) is 13.2 Å². The molecule has 0 saturated carbocycles. The van der Waals surface area contributed by atoms with Crippen LogP contribution in [0.4, 0.5) is 13.2 Å². The molecule has 0 heterocycles. The van der Waals surface area contributed by atoms with E-state index in [2.05, 4.69) is 0 Å². The van der Waals surface area contributed by atoms with Crippen LogP contribution in [0.15, 0.2) is 12.1 Å². The van der Waals surface area contributed by atoms with Gasteiger partial charge >= 0.3 is 0 Å². The minimum Gasteiger partial charge on any atom is -0.204 e. The lowest BCUT2D eigenvalue weighted by Gasteiger charge is -1.98. The Morgan fingerprint density at radius 3 is 2.09 bits per heavy atom. The van der Waals surface area contributed by atoms with Crippen molar-refractivity contribution in [2.75, 3.05) is 0 Å². The molecular formula is C8H15F3. The molecule has 0 amide bonds. The van der Waals surface area contributed by atoms with Gasteiger partial charge in [-0.1, -0.05) is 6.92 Å². The van der Waals surface area contributed by atoms with Gasteiger partial charge in [-0.2, -0.15) is 0 Å². The summed E-state index contributed by atoms with van der Waals surface area (Å²) in [6.45, 7) is 1.74. The summed E-state index contributed by atoms with van der Waals surface area (Å²) in [4.78, 5) is 0. The van der Waals surface area contributed by atoms with Crippen molar-refractivity contribution in [2.45, 2.75) is 13.3 Å². The molecule has 1 aromatic carbocycles. The standard InChI is InChI=1S/C8H7F3.4H2/c1-2-5-3-6(9)8(11)7(10)4-5;;;;/h3-4H,2H2,1H3;4*1H/i;3*1+1D;1+1. The van der Waals surface area contributed by atoms with E-state index in [1.54, 1.807) is 6.92 Å². The van der Waals surface area contributed by atoms with Gasteiger partial charge in [-0.05, 0) is 24.1 Å². The maximum atomic E-state index is 12.4. The van der Waals surface area contributed by atoms with Gasteiger partial charge in [0, 0.05) is 10.3 Å². The van der Waals surface area contributed by atoms with Crippen molar-refractivity contribution in [3.8, 4) is 0 Å². The van der Waals surface area contributed by atoms with Crippen LogP contribution in [0.25, 0.3) is 0 Å². The summed E-state index contributed by atoms with van der Waals surface area (Å²) in [6, 6.07) is 2.00. The quantitative estimate of drug-likeness (QED) is 0.571. The Morgan fingerprint density at radius 1 is 1.27 bits per heavy atom. The smallest absolute Gasteiger partial charge is 0.194 e. The monoisotopic (exact) mass is 175 g/mol. The van der Waals surface area contributed by atoms with E-state index in [0.717, 1.165) is 12.1 Å². The topological polar surface area (TPSA) is 0 Å². The van der Waals surface area contributed by atoms with E-state index in [0.29, 0.717) is 12.0 Å². The molecule has 0 bridgehead atoms. The van der Waals surface area contributed by atoms with Gasteiger partial charge in [-0.3, -0.25) is 0 Å². The predicted octanol–water partition coefficient (Wildman–Crippen LogP) is 3.65. The molecular weight excluding hydrogens is 153 g/mol. The molecule has 0 aliphatic rings. The number of aryl methyl sites for hydroxylation is 1. The van der Waals surface area contributed by atoms with E-state index >= 15 is 0 Å². The van der Waals surface area contributed by atoms with Crippen molar-refractivity contribution in [3.05, 3.63) is 35.1 Å². The van der Waals surface area contributed by atoms with E-state index in [-0.39, 0.29) is 1.43 Å². The molecule has 0 atom stereocenters. The Bertz CT molecular complexity index is 262. The fraction of sp³-hybridized carbons (Fsp3) is 0.250. The summed E-state index contributed by atoms with van der Waals surface area (Å²) in [5.41, 5.74) is 0.460. The molecule has 1 aromatic rings. The van der Waals surface area contributed by atoms with Crippen molar-refractivity contribution in [3.63, 3.8) is 0 Å². The van der Waals surface area contributed by atoms with Gasteiger partial charge in [0.1, 0.15) is 0 Å². The van der Waals surface area contributed by atoms with Crippen LogP contribution in [0.5, 0.6) is 0 Å². The first-order chi connectivity index (χ1) is 8.15. The summed E-state index contributed by atoms with van der Waals surface area (Å²) in [7, 11) is 0. The minimum atomic E-state index is -1.40. The second-order valence-corrected chi connectivity index (χ2v) is 2.23. The van der Waals surface area contributed by atoms with Gasteiger partial charge in [-0.15, -0.1) is 0 Å². The highest BCUT2D eigenvalue weighted by atomic mass is 19.2. The van der Waals surface area contributed by atoms with Crippen LogP contribution in [0, 0.1) is 17.5 Å². The van der Waals surface area contributed by atoms with Crippen LogP contribution in [0.3, 0.4) is 0 Å². The van der Waals surface area contributed by atoms with Crippen molar-refractivity contribution < 1.29 is 23.5 Å². The van der Waals surface area contributed by atoms with Gasteiger partial charge < -0.3 is 0 Å². The molecule has 0 aliphatic carbocycles. The van der Waals surface area contributed by atoms with Gasteiger partial charge in [0.2, 0.25) is 0 Å². The van der Waals surface area contributed by atoms with E-state index in [1.165, 1.54) is 0 Å². The van der Waals surface area contributed by atoms with Crippen molar-refractivity contribution in [1.82, 2.24) is 0 Å². The molecule has 0 saturated heterocycles. The van der Waals surface area contributed by atoms with Gasteiger partial charge in [0.05, 0.1) is 0 Å². The fourth-order valence-corrected chi connectivity index (χ4v) is 0.812. The first-order valence-electron chi connectivity index (χ1n) is 6.28. The summed E-state index contributed by atoms with van der Waals surface area (Å²) in [5.74, 6) is -3.65. The van der Waals surface area contributed by atoms with Gasteiger partial charge in [0.25, 0.3) is 0 Å². The lowest BCUT2D eigenvalue weighted by atomic mass is 10.1. The molecule has 0 radical (unpaired) electrons. The molecule has 0 N–H and O–H groups in total. The molecule has 0 aliphatic heterocycles. The third kappa shape index (κ3) is 1.53. The largest absolute Gasteiger partial charge is 0.204 e. The Kier molecular flexibility index (Phi) is 1.29. The zero-order valence-electron chi connectivity index (χ0n) is 12.0. The molecule has 1 rings (SSSR count). The average Bonchev–Trinajstić information content (AvgIpc) is 2.42. The Morgan fingerprint density at radius 2 is 1.73 bits per heavy atom. The van der Waals surface area contributed by atoms with Crippen molar-refractivity contribution in [1.29, 1.82) is 0 Å². The normalized spacial score (nSPS) is 12.4. The lowest BCUT2D eigenvalue weighted by molar-refractivity contribution is 0.445. The molecule has 11 heavy (non-hydrogen) atoms. The molecule has 0 unspecified atom stereocenters. The molecule has 0 spiro atoms. The number of hydrogen-bond donors (Lipinski definition) is 0. The zero-order valence-corrected chi connectivity index (χ0v) is 6.00. The molecule has 0 nitrogen and oxygen atoms in total. The molecule has 3 heteroatoms. The SMILES string of the molecule is CCc1cc(F)c(F)c(F)c1.[2HH].[2H][2H].[2H][2H].[2H][2H]. The fourth-order valence-electron chi connectivity index (χ4n) is 0.812. The number of rotatable bonds is 1. The van der Waals surface area contributed by atoms with Crippen LogP contribution < -0.4 is 0 Å². The Hall–Kier alpha value is -0.990. The number of hydrogen-bond acceptors (Lipinski definition) is 0. The van der Waals surface area contributed by atoms with Gasteiger partial charge in [0.15, 0.2) is 17.5 Å². The summed E-state index contributed by atoms with van der Waals surface area (Å²) < 4.78 is 67.1. The van der Waals surface area contributed by atoms with Crippen LogP contribution in [-0.2, 0) is 6.42 Å². The summed E-state index contributed by atoms with van der Waals surface area (Å²) in [6.07, 6.45) is 0.494. The van der Waals surface area contributed by atoms with Crippen LogP contribution >= 0.6 is 0 Å². The minimum absolute atomic E-state index is 0. The Balaban J connectivity index is -0.000000123. The van der Waals surface area contributed by atoms with Crippen LogP contribution in [0.2, 0.25) is 0 Å². The average molecular weight is 175 g/mol. The summed E-state index contributed by atoms with van der Waals surface area (Å²) >= 11 is 0. The highest BCUT2D eigenvalue weighted by Crippen LogP contribution is 2.13. The van der Waals surface area contributed by atoms with Crippen LogP contribution in [-0.4, -0.2) is 0 Å². The molecule has 0 aromatic heterocycles. The summed E-state index contributed by atoms with van der Waals surface area (Å²) in [5, 5.41) is 0. The third-order valence-corrected chi connectivity index (χ3v) is 1.45. The second-order valence-electron chi connectivity index (χ2n) is 2.23. The van der Waals surface area contributed by atoms with E-state index in [4.69, 9.17) is 8.91 Å². The molecule has 0 fully saturated rings. The van der Waals surface area contributed by atoms with Gasteiger partial charge in [-0.25, -0.2) is 13.2 Å². The predicted molar refractivity (Wildman–Crippen MR) is 44.2 cm³/mol. The van der Waals surface area contributed by atoms with Crippen molar-refractivity contribution in [2.24, 2.45) is 0 Å². The highest BCUT2D eigenvalue weighted by molar-refractivity contribution is 5.19. The van der Waals surface area contributed by atoms with E-state index in [1.807, 2.05) is 0 Å². The van der Waals surface area contributed by atoms with Crippen molar-refractivity contribution >= 4 is 0 Å². The Labute approximate surface area is 73.4 Å². The van der Waals surface area contributed by atoms with E-state index < -0.39 is 17.5 Å². The zero-order chi connectivity index (χ0) is 14.4. The first-order valence-corrected chi connectivity index (χ1v) is 3.28. The van der Waals surface area contributed by atoms with Crippen LogP contribution in [0.1, 0.15) is 22.8 Å². The first kappa shape index (κ1) is 4.80.